The molecular formula is C29H29Cl3N2O3. The molecule has 5 nitrogen and oxygen atoms in total. The average Bonchev–Trinajstić information content (AvgIpc) is 3.40. The Morgan fingerprint density at radius 1 is 0.865 bits per heavy atom. The van der Waals surface area contributed by atoms with Gasteiger partial charge in [0.05, 0.1) is 5.02 Å². The number of hydrogen-bond acceptors (Lipinski definition) is 3. The zero-order valence-electron chi connectivity index (χ0n) is 20.3. The lowest BCUT2D eigenvalue weighted by Gasteiger charge is -2.32. The van der Waals surface area contributed by atoms with Crippen LogP contribution in [0.2, 0.25) is 15.1 Å². The van der Waals surface area contributed by atoms with Crippen LogP contribution < -0.4 is 10.1 Å². The van der Waals surface area contributed by atoms with Crippen LogP contribution in [0.25, 0.3) is 0 Å². The number of nitrogens with one attached hydrogen (secondary N) is 1. The second-order valence-electron chi connectivity index (χ2n) is 9.14. The number of halogens is 3. The molecule has 1 aliphatic carbocycles. The molecule has 0 heterocycles. The summed E-state index contributed by atoms with van der Waals surface area (Å²) in [6.45, 7) is -0.243. The van der Waals surface area contributed by atoms with Crippen molar-refractivity contribution in [3.05, 3.63) is 99.0 Å². The van der Waals surface area contributed by atoms with E-state index < -0.39 is 6.04 Å². The summed E-state index contributed by atoms with van der Waals surface area (Å²) in [5, 5.41) is 4.42. The smallest absolute Gasteiger partial charge is 0.261 e. The standard InChI is InChI=1S/C29H29Cl3N2O3/c30-23-14-8-15-24(31)22(23)18-34(28(35)19-37-27-16-7-6-13-25(27)32)26(17-20-9-2-1-3-10-20)29(36)33-21-11-4-5-12-21/h1-3,6-10,13-16,21,26H,4-5,11-12,17-19H2,(H,33,36)/t26-/m0/s1. The van der Waals surface area contributed by atoms with Crippen LogP contribution in [0, 0.1) is 0 Å². The van der Waals surface area contributed by atoms with Crippen LogP contribution in [0.1, 0.15) is 36.8 Å². The van der Waals surface area contributed by atoms with E-state index in [0.29, 0.717) is 32.8 Å². The molecule has 1 fully saturated rings. The van der Waals surface area contributed by atoms with Gasteiger partial charge in [-0.05, 0) is 42.7 Å². The third kappa shape index (κ3) is 7.41. The highest BCUT2D eigenvalue weighted by Gasteiger charge is 2.33. The molecule has 0 saturated heterocycles. The topological polar surface area (TPSA) is 58.6 Å². The molecule has 1 N–H and O–H groups in total. The van der Waals surface area contributed by atoms with Gasteiger partial charge in [0.2, 0.25) is 5.91 Å². The maximum Gasteiger partial charge on any atom is 0.261 e. The predicted molar refractivity (Wildman–Crippen MR) is 148 cm³/mol. The number of para-hydroxylation sites is 1. The minimum Gasteiger partial charge on any atom is -0.482 e. The zero-order valence-corrected chi connectivity index (χ0v) is 22.6. The Balaban J connectivity index is 1.66. The molecule has 0 bridgehead atoms. The quantitative estimate of drug-likeness (QED) is 0.300. The first-order valence-corrected chi connectivity index (χ1v) is 13.5. The van der Waals surface area contributed by atoms with E-state index in [1.54, 1.807) is 42.5 Å². The van der Waals surface area contributed by atoms with Crippen LogP contribution >= 0.6 is 34.8 Å². The van der Waals surface area contributed by atoms with Gasteiger partial charge >= 0.3 is 0 Å². The Bertz CT molecular complexity index is 1200. The molecule has 1 saturated carbocycles. The first-order valence-electron chi connectivity index (χ1n) is 12.4. The summed E-state index contributed by atoms with van der Waals surface area (Å²) in [6, 6.07) is 21.1. The van der Waals surface area contributed by atoms with E-state index in [-0.39, 0.29) is 31.0 Å². The number of ether oxygens (including phenoxy) is 1. The molecule has 1 atom stereocenters. The first kappa shape index (κ1) is 27.3. The van der Waals surface area contributed by atoms with Crippen molar-refractivity contribution in [2.75, 3.05) is 6.61 Å². The van der Waals surface area contributed by atoms with Crippen molar-refractivity contribution in [3.63, 3.8) is 0 Å². The molecule has 3 aromatic rings. The molecular weight excluding hydrogens is 531 g/mol. The van der Waals surface area contributed by atoms with Gasteiger partial charge in [-0.15, -0.1) is 0 Å². The lowest BCUT2D eigenvalue weighted by atomic mass is 10.0. The normalized spacial score (nSPS) is 14.2. The molecule has 37 heavy (non-hydrogen) atoms. The van der Waals surface area contributed by atoms with Crippen LogP contribution in [0.4, 0.5) is 0 Å². The molecule has 0 spiro atoms. The SMILES string of the molecule is O=C(NC1CCCC1)[C@H](Cc1ccccc1)N(Cc1c(Cl)cccc1Cl)C(=O)COc1ccccc1Cl. The van der Waals surface area contributed by atoms with Crippen molar-refractivity contribution in [2.45, 2.75) is 50.7 Å². The summed E-state index contributed by atoms with van der Waals surface area (Å²) in [7, 11) is 0. The van der Waals surface area contributed by atoms with Crippen LogP contribution in [0.3, 0.4) is 0 Å². The maximum atomic E-state index is 13.7. The van der Waals surface area contributed by atoms with Crippen LogP contribution in [-0.4, -0.2) is 35.4 Å². The minimum absolute atomic E-state index is 0.0544. The van der Waals surface area contributed by atoms with E-state index >= 15 is 0 Å². The fraction of sp³-hybridized carbons (Fsp3) is 0.310. The highest BCUT2D eigenvalue weighted by molar-refractivity contribution is 6.36. The van der Waals surface area contributed by atoms with Gasteiger partial charge in [0.1, 0.15) is 11.8 Å². The summed E-state index contributed by atoms with van der Waals surface area (Å²) in [5.74, 6) is -0.188. The Hall–Kier alpha value is -2.73. The number of benzene rings is 3. The van der Waals surface area contributed by atoms with Crippen molar-refractivity contribution in [1.29, 1.82) is 0 Å². The molecule has 0 aliphatic heterocycles. The molecule has 4 rings (SSSR count). The lowest BCUT2D eigenvalue weighted by molar-refractivity contribution is -0.143. The molecule has 0 radical (unpaired) electrons. The highest BCUT2D eigenvalue weighted by Crippen LogP contribution is 2.28. The van der Waals surface area contributed by atoms with Gasteiger partial charge in [-0.2, -0.15) is 0 Å². The molecule has 3 aromatic carbocycles. The van der Waals surface area contributed by atoms with Crippen LogP contribution in [0.15, 0.2) is 72.8 Å². The summed E-state index contributed by atoms with van der Waals surface area (Å²) in [4.78, 5) is 28.9. The number of nitrogens with zero attached hydrogens (tertiary/aromatic N) is 1. The number of hydrogen-bond donors (Lipinski definition) is 1. The van der Waals surface area contributed by atoms with Crippen molar-refractivity contribution in [1.82, 2.24) is 10.2 Å². The fourth-order valence-electron chi connectivity index (χ4n) is 4.56. The van der Waals surface area contributed by atoms with E-state index in [1.807, 2.05) is 30.3 Å². The second-order valence-corrected chi connectivity index (χ2v) is 10.4. The lowest BCUT2D eigenvalue weighted by Crippen LogP contribution is -2.53. The minimum atomic E-state index is -0.794. The maximum absolute atomic E-state index is 13.7. The second kappa shape index (κ2) is 13.2. The third-order valence-corrected chi connectivity index (χ3v) is 7.57. The average molecular weight is 560 g/mol. The van der Waals surface area contributed by atoms with Gasteiger partial charge in [-0.25, -0.2) is 0 Å². The van der Waals surface area contributed by atoms with Crippen LogP contribution in [0.5, 0.6) is 5.75 Å². The summed E-state index contributed by atoms with van der Waals surface area (Å²) in [6.07, 6.45) is 4.36. The van der Waals surface area contributed by atoms with E-state index in [4.69, 9.17) is 39.5 Å². The molecule has 8 heteroatoms. The predicted octanol–water partition coefficient (Wildman–Crippen LogP) is 6.72. The molecule has 0 unspecified atom stereocenters. The Labute approximate surface area is 232 Å². The highest BCUT2D eigenvalue weighted by atomic mass is 35.5. The van der Waals surface area contributed by atoms with Gasteiger partial charge in [0.15, 0.2) is 6.61 Å². The number of carbonyl (C=O) groups is 2. The van der Waals surface area contributed by atoms with Crippen molar-refractivity contribution >= 4 is 46.6 Å². The monoisotopic (exact) mass is 558 g/mol. The van der Waals surface area contributed by atoms with Gasteiger partial charge < -0.3 is 15.0 Å². The van der Waals surface area contributed by atoms with Gasteiger partial charge in [-0.1, -0.05) is 96.2 Å². The Morgan fingerprint density at radius 2 is 1.49 bits per heavy atom. The molecule has 0 aromatic heterocycles. The van der Waals surface area contributed by atoms with Crippen molar-refractivity contribution in [3.8, 4) is 5.75 Å². The van der Waals surface area contributed by atoms with E-state index in [1.165, 1.54) is 4.90 Å². The van der Waals surface area contributed by atoms with Gasteiger partial charge in [-0.3, -0.25) is 9.59 Å². The van der Waals surface area contributed by atoms with Gasteiger partial charge in [0, 0.05) is 34.6 Å². The zero-order chi connectivity index (χ0) is 26.2. The number of carbonyl (C=O) groups excluding carboxylic acids is 2. The first-order chi connectivity index (χ1) is 17.9. The largest absolute Gasteiger partial charge is 0.482 e. The summed E-state index contributed by atoms with van der Waals surface area (Å²) >= 11 is 19.2. The van der Waals surface area contributed by atoms with E-state index in [0.717, 1.165) is 31.2 Å². The molecule has 1 aliphatic rings. The van der Waals surface area contributed by atoms with E-state index in [9.17, 15) is 9.59 Å². The summed E-state index contributed by atoms with van der Waals surface area (Å²) < 4.78 is 5.77. The fourth-order valence-corrected chi connectivity index (χ4v) is 5.27. The van der Waals surface area contributed by atoms with E-state index in [2.05, 4.69) is 5.32 Å². The Kier molecular flexibility index (Phi) is 9.73. The molecule has 2 amide bonds. The number of rotatable bonds is 10. The number of amides is 2. The van der Waals surface area contributed by atoms with Crippen molar-refractivity contribution in [2.24, 2.45) is 0 Å². The summed E-state index contributed by atoms with van der Waals surface area (Å²) in [5.41, 5.74) is 1.51. The van der Waals surface area contributed by atoms with Crippen LogP contribution in [-0.2, 0) is 22.6 Å². The van der Waals surface area contributed by atoms with Crippen molar-refractivity contribution < 1.29 is 14.3 Å². The molecule has 194 valence electrons. The van der Waals surface area contributed by atoms with Gasteiger partial charge in [0.25, 0.3) is 5.91 Å². The Morgan fingerprint density at radius 3 is 2.16 bits per heavy atom. The third-order valence-electron chi connectivity index (χ3n) is 6.55.